The molecule has 2 fully saturated rings. The first-order valence-corrected chi connectivity index (χ1v) is 11.4. The molecule has 5 rings (SSSR count). The van der Waals surface area contributed by atoms with E-state index in [1.807, 2.05) is 42.6 Å². The maximum absolute atomic E-state index is 12.9. The minimum atomic E-state index is -0.0590. The molecule has 1 amide bonds. The third-order valence-electron chi connectivity index (χ3n) is 6.00. The molecule has 3 aromatic rings. The van der Waals surface area contributed by atoms with Crippen LogP contribution in [0.15, 0.2) is 60.9 Å². The molecule has 0 saturated carbocycles. The number of nitrogens with one attached hydrogen (secondary N) is 1. The molecule has 8 nitrogen and oxygen atoms in total. The number of amides is 1. The molecule has 0 aliphatic carbocycles. The monoisotopic (exact) mass is 447 g/mol. The van der Waals surface area contributed by atoms with E-state index in [4.69, 9.17) is 9.47 Å². The van der Waals surface area contributed by atoms with Crippen LogP contribution < -0.4 is 15.1 Å². The number of nitrogens with zero attached hydrogens (tertiary/aromatic N) is 4. The third-order valence-corrected chi connectivity index (χ3v) is 6.00. The predicted octanol–water partition coefficient (Wildman–Crippen LogP) is 2.73. The van der Waals surface area contributed by atoms with E-state index < -0.39 is 0 Å². The molecule has 2 aliphatic heterocycles. The van der Waals surface area contributed by atoms with Crippen LogP contribution in [0.5, 0.6) is 0 Å². The van der Waals surface area contributed by atoms with Crippen LogP contribution in [0.2, 0.25) is 0 Å². The summed E-state index contributed by atoms with van der Waals surface area (Å²) in [7, 11) is 0. The highest BCUT2D eigenvalue weighted by Gasteiger charge is 2.20. The molecule has 2 aliphatic rings. The zero-order valence-corrected chi connectivity index (χ0v) is 18.7. The zero-order chi connectivity index (χ0) is 22.5. The largest absolute Gasteiger partial charge is 0.378 e. The van der Waals surface area contributed by atoms with Gasteiger partial charge in [0.25, 0.3) is 0 Å². The summed E-state index contributed by atoms with van der Waals surface area (Å²) in [5.74, 6) is -0.0590. The number of ether oxygens (including phenoxy) is 2. The molecule has 0 unspecified atom stereocenters. The minimum absolute atomic E-state index is 0.0590. The second kappa shape index (κ2) is 10.1. The molecular formula is C25H29N5O3. The van der Waals surface area contributed by atoms with Gasteiger partial charge in [-0.15, -0.1) is 0 Å². The lowest BCUT2D eigenvalue weighted by Crippen LogP contribution is -2.38. The standard InChI is InChI=1S/C25H29N5O3/c31-25(16-20-18-26-30(19-20)21-4-2-1-3-5-21)27-23-7-6-22(28-8-12-32-13-9-28)17-24(23)29-10-14-33-15-11-29/h1-7,17-19H,8-16H2,(H,27,31). The number of para-hydroxylation sites is 1. The number of hydrogen-bond acceptors (Lipinski definition) is 6. The number of aromatic nitrogens is 2. The lowest BCUT2D eigenvalue weighted by Gasteiger charge is -2.33. The Morgan fingerprint density at radius 1 is 0.879 bits per heavy atom. The number of rotatable bonds is 6. The lowest BCUT2D eigenvalue weighted by molar-refractivity contribution is -0.115. The van der Waals surface area contributed by atoms with Crippen molar-refractivity contribution < 1.29 is 14.3 Å². The van der Waals surface area contributed by atoms with E-state index in [2.05, 4.69) is 32.3 Å². The van der Waals surface area contributed by atoms with Crippen molar-refractivity contribution in [1.82, 2.24) is 9.78 Å². The summed E-state index contributed by atoms with van der Waals surface area (Å²) < 4.78 is 12.8. The Morgan fingerprint density at radius 2 is 1.58 bits per heavy atom. The van der Waals surface area contributed by atoms with Gasteiger partial charge in [0.05, 0.1) is 56.1 Å². The quantitative estimate of drug-likeness (QED) is 0.627. The summed E-state index contributed by atoms with van der Waals surface area (Å²) in [6.45, 7) is 6.21. The van der Waals surface area contributed by atoms with Gasteiger partial charge in [-0.05, 0) is 35.9 Å². The van der Waals surface area contributed by atoms with Crippen molar-refractivity contribution >= 4 is 23.0 Å². The molecule has 172 valence electrons. The second-order valence-electron chi connectivity index (χ2n) is 8.25. The average molecular weight is 448 g/mol. The van der Waals surface area contributed by atoms with Crippen LogP contribution in [-0.2, 0) is 20.7 Å². The molecule has 0 bridgehead atoms. The predicted molar refractivity (Wildman–Crippen MR) is 128 cm³/mol. The van der Waals surface area contributed by atoms with Crippen molar-refractivity contribution in [2.24, 2.45) is 0 Å². The normalized spacial score (nSPS) is 16.6. The lowest BCUT2D eigenvalue weighted by atomic mass is 10.1. The number of benzene rings is 2. The molecular weight excluding hydrogens is 418 g/mol. The minimum Gasteiger partial charge on any atom is -0.378 e. The first-order chi connectivity index (χ1) is 16.3. The van der Waals surface area contributed by atoms with Crippen LogP contribution in [0.25, 0.3) is 5.69 Å². The molecule has 0 radical (unpaired) electrons. The first-order valence-electron chi connectivity index (χ1n) is 11.4. The maximum Gasteiger partial charge on any atom is 0.228 e. The van der Waals surface area contributed by atoms with Gasteiger partial charge in [0.15, 0.2) is 0 Å². The fourth-order valence-corrected chi connectivity index (χ4v) is 4.26. The van der Waals surface area contributed by atoms with Gasteiger partial charge in [0.1, 0.15) is 0 Å². The maximum atomic E-state index is 12.9. The number of morpholine rings is 2. The molecule has 33 heavy (non-hydrogen) atoms. The second-order valence-corrected chi connectivity index (χ2v) is 8.25. The van der Waals surface area contributed by atoms with Crippen LogP contribution in [0, 0.1) is 0 Å². The Morgan fingerprint density at radius 3 is 2.30 bits per heavy atom. The Kier molecular flexibility index (Phi) is 6.55. The van der Waals surface area contributed by atoms with Gasteiger partial charge >= 0.3 is 0 Å². The molecule has 1 aromatic heterocycles. The number of hydrogen-bond donors (Lipinski definition) is 1. The number of anilines is 3. The fraction of sp³-hybridized carbons (Fsp3) is 0.360. The van der Waals surface area contributed by atoms with Gasteiger partial charge in [-0.3, -0.25) is 4.79 Å². The molecule has 0 spiro atoms. The van der Waals surface area contributed by atoms with E-state index in [1.54, 1.807) is 10.9 Å². The van der Waals surface area contributed by atoms with E-state index in [1.165, 1.54) is 0 Å². The summed E-state index contributed by atoms with van der Waals surface area (Å²) >= 11 is 0. The Balaban J connectivity index is 1.32. The van der Waals surface area contributed by atoms with Gasteiger partial charge in [0.2, 0.25) is 5.91 Å². The summed E-state index contributed by atoms with van der Waals surface area (Å²) in [6, 6.07) is 16.2. The SMILES string of the molecule is O=C(Cc1cnn(-c2ccccc2)c1)Nc1ccc(N2CCOCC2)cc1N1CCOCC1. The van der Waals surface area contributed by atoms with Crippen LogP contribution in [-0.4, -0.2) is 68.3 Å². The highest BCUT2D eigenvalue weighted by Crippen LogP contribution is 2.32. The van der Waals surface area contributed by atoms with Gasteiger partial charge in [0, 0.05) is 38.1 Å². The topological polar surface area (TPSA) is 71.9 Å². The summed E-state index contributed by atoms with van der Waals surface area (Å²) in [5, 5.41) is 7.53. The van der Waals surface area contributed by atoms with Gasteiger partial charge in [-0.2, -0.15) is 5.10 Å². The molecule has 0 atom stereocenters. The molecule has 3 heterocycles. The van der Waals surface area contributed by atoms with Gasteiger partial charge in [-0.1, -0.05) is 18.2 Å². The van der Waals surface area contributed by atoms with E-state index in [-0.39, 0.29) is 12.3 Å². The summed E-state index contributed by atoms with van der Waals surface area (Å²) in [6.07, 6.45) is 3.91. The average Bonchev–Trinajstić information content (AvgIpc) is 3.34. The van der Waals surface area contributed by atoms with Crippen LogP contribution in [0.3, 0.4) is 0 Å². The van der Waals surface area contributed by atoms with Crippen LogP contribution >= 0.6 is 0 Å². The number of carbonyl (C=O) groups excluding carboxylic acids is 1. The van der Waals surface area contributed by atoms with Gasteiger partial charge < -0.3 is 24.6 Å². The van der Waals surface area contributed by atoms with Crippen LogP contribution in [0.4, 0.5) is 17.1 Å². The summed E-state index contributed by atoms with van der Waals surface area (Å²) in [5.41, 5.74) is 4.86. The van der Waals surface area contributed by atoms with Crippen molar-refractivity contribution in [2.45, 2.75) is 6.42 Å². The Bertz CT molecular complexity index is 1070. The molecule has 8 heteroatoms. The van der Waals surface area contributed by atoms with E-state index in [9.17, 15) is 4.79 Å². The zero-order valence-electron chi connectivity index (χ0n) is 18.7. The van der Waals surface area contributed by atoms with Crippen LogP contribution in [0.1, 0.15) is 5.56 Å². The van der Waals surface area contributed by atoms with Crippen molar-refractivity contribution in [3.8, 4) is 5.69 Å². The van der Waals surface area contributed by atoms with Gasteiger partial charge in [-0.25, -0.2) is 4.68 Å². The molecule has 2 aromatic carbocycles. The fourth-order valence-electron chi connectivity index (χ4n) is 4.26. The van der Waals surface area contributed by atoms with E-state index in [0.717, 1.165) is 67.7 Å². The molecule has 2 saturated heterocycles. The Labute approximate surface area is 193 Å². The van der Waals surface area contributed by atoms with E-state index in [0.29, 0.717) is 13.2 Å². The van der Waals surface area contributed by atoms with E-state index >= 15 is 0 Å². The van der Waals surface area contributed by atoms with Crippen molar-refractivity contribution in [2.75, 3.05) is 67.7 Å². The third kappa shape index (κ3) is 5.18. The van der Waals surface area contributed by atoms with Crippen molar-refractivity contribution in [3.63, 3.8) is 0 Å². The molecule has 1 N–H and O–H groups in total. The Hall–Kier alpha value is -3.36. The highest BCUT2D eigenvalue weighted by molar-refractivity contribution is 5.96. The van der Waals surface area contributed by atoms with Crippen molar-refractivity contribution in [3.05, 3.63) is 66.5 Å². The number of carbonyl (C=O) groups is 1. The summed E-state index contributed by atoms with van der Waals surface area (Å²) in [4.78, 5) is 17.5. The first kappa shape index (κ1) is 21.5. The van der Waals surface area contributed by atoms with Crippen molar-refractivity contribution in [1.29, 1.82) is 0 Å². The smallest absolute Gasteiger partial charge is 0.228 e. The highest BCUT2D eigenvalue weighted by atomic mass is 16.5.